The van der Waals surface area contributed by atoms with Gasteiger partial charge in [0.1, 0.15) is 0 Å². The first-order valence-electron chi connectivity index (χ1n) is 10.4. The van der Waals surface area contributed by atoms with E-state index in [0.717, 1.165) is 18.5 Å². The Bertz CT molecular complexity index is 797. The molecule has 1 aliphatic heterocycles. The molecule has 0 aliphatic carbocycles. The summed E-state index contributed by atoms with van der Waals surface area (Å²) in [7, 11) is 0. The average Bonchev–Trinajstić information content (AvgIpc) is 2.65. The van der Waals surface area contributed by atoms with E-state index in [9.17, 15) is 5.11 Å². The minimum atomic E-state index is -0.380. The maximum Gasteiger partial charge on any atom is 0.0623 e. The molecular weight excluding hydrogens is 344 g/mol. The maximum absolute atomic E-state index is 11.1. The van der Waals surface area contributed by atoms with Crippen molar-refractivity contribution in [3.63, 3.8) is 0 Å². The van der Waals surface area contributed by atoms with Crippen molar-refractivity contribution in [2.24, 2.45) is 11.8 Å². The highest BCUT2D eigenvalue weighted by Crippen LogP contribution is 2.39. The van der Waals surface area contributed by atoms with Crippen LogP contribution in [0.3, 0.4) is 0 Å². The molecule has 2 heterocycles. The van der Waals surface area contributed by atoms with Crippen LogP contribution in [0.15, 0.2) is 60.3 Å². The van der Waals surface area contributed by atoms with E-state index in [1.165, 1.54) is 16.7 Å². The number of benzene rings is 1. The molecule has 0 saturated carbocycles. The van der Waals surface area contributed by atoms with Crippen LogP contribution in [0.5, 0.6) is 0 Å². The van der Waals surface area contributed by atoms with Gasteiger partial charge in [-0.2, -0.15) is 0 Å². The summed E-state index contributed by atoms with van der Waals surface area (Å²) in [4.78, 5) is 4.65. The second-order valence-corrected chi connectivity index (χ2v) is 9.04. The van der Waals surface area contributed by atoms with Gasteiger partial charge in [-0.05, 0) is 50.3 Å². The van der Waals surface area contributed by atoms with Gasteiger partial charge >= 0.3 is 0 Å². The number of nitrogens with one attached hydrogen (secondary N) is 1. The zero-order chi connectivity index (χ0) is 20.3. The molecule has 1 aliphatic rings. The molecule has 28 heavy (non-hydrogen) atoms. The van der Waals surface area contributed by atoms with Gasteiger partial charge < -0.3 is 10.4 Å². The van der Waals surface area contributed by atoms with E-state index in [1.54, 1.807) is 0 Å². The third kappa shape index (κ3) is 4.71. The van der Waals surface area contributed by atoms with Crippen molar-refractivity contribution in [1.82, 2.24) is 10.3 Å². The van der Waals surface area contributed by atoms with Gasteiger partial charge in [-0.25, -0.2) is 0 Å². The van der Waals surface area contributed by atoms with E-state index in [-0.39, 0.29) is 23.6 Å². The number of rotatable bonds is 6. The molecule has 3 heteroatoms. The number of aliphatic hydroxyl groups is 1. The summed E-state index contributed by atoms with van der Waals surface area (Å²) in [5.41, 5.74) is 4.47. The third-order valence-corrected chi connectivity index (χ3v) is 5.89. The van der Waals surface area contributed by atoms with Crippen molar-refractivity contribution in [2.75, 3.05) is 0 Å². The molecule has 3 rings (SSSR count). The number of aliphatic hydroxyl groups excluding tert-OH is 1. The molecule has 0 fully saturated rings. The van der Waals surface area contributed by atoms with Crippen molar-refractivity contribution in [1.29, 1.82) is 0 Å². The summed E-state index contributed by atoms with van der Waals surface area (Å²) in [6.07, 6.45) is 5.42. The smallest absolute Gasteiger partial charge is 0.0623 e. The van der Waals surface area contributed by atoms with E-state index < -0.39 is 0 Å². The van der Waals surface area contributed by atoms with Gasteiger partial charge in [-0.3, -0.25) is 4.98 Å². The number of hydrogen-bond donors (Lipinski definition) is 2. The first-order valence-corrected chi connectivity index (χ1v) is 10.4. The maximum atomic E-state index is 11.1. The highest BCUT2D eigenvalue weighted by Gasteiger charge is 2.43. The van der Waals surface area contributed by atoms with Crippen LogP contribution < -0.4 is 5.32 Å². The van der Waals surface area contributed by atoms with Crippen LogP contribution in [-0.2, 0) is 6.42 Å². The van der Waals surface area contributed by atoms with Crippen molar-refractivity contribution >= 4 is 0 Å². The van der Waals surface area contributed by atoms with E-state index >= 15 is 0 Å². The van der Waals surface area contributed by atoms with Gasteiger partial charge in [0.05, 0.1) is 12.1 Å². The molecule has 150 valence electrons. The fraction of sp³-hybridized carbons (Fsp3) is 0.480. The van der Waals surface area contributed by atoms with Gasteiger partial charge in [0, 0.05) is 29.8 Å². The third-order valence-electron chi connectivity index (χ3n) is 5.89. The second-order valence-electron chi connectivity index (χ2n) is 9.04. The van der Waals surface area contributed by atoms with Gasteiger partial charge in [-0.15, -0.1) is 0 Å². The Hall–Kier alpha value is -1.97. The standard InChI is InChI=1S/C25H34N2O/c1-17(2)13-23(28)22-14-19(4)24(20-9-7-6-8-10-20)27-25(22,5)15-21-12-11-18(3)16-26-21/h6-12,14,16-17,22-24,27-28H,13,15H2,1-5H3/t22-,23+,24+,25+/m0/s1. The van der Waals surface area contributed by atoms with E-state index in [0.29, 0.717) is 5.92 Å². The van der Waals surface area contributed by atoms with Crippen LogP contribution >= 0.6 is 0 Å². The van der Waals surface area contributed by atoms with Crippen LogP contribution in [-0.4, -0.2) is 21.7 Å². The normalized spacial score (nSPS) is 26.2. The van der Waals surface area contributed by atoms with Crippen LogP contribution in [0.2, 0.25) is 0 Å². The second kappa shape index (κ2) is 8.59. The Morgan fingerprint density at radius 1 is 1.11 bits per heavy atom. The summed E-state index contributed by atoms with van der Waals surface area (Å²) in [6, 6.07) is 14.9. The first kappa shape index (κ1) is 20.8. The minimum absolute atomic E-state index is 0.0398. The Kier molecular flexibility index (Phi) is 6.36. The fourth-order valence-electron chi connectivity index (χ4n) is 4.41. The molecular formula is C25H34N2O. The summed E-state index contributed by atoms with van der Waals surface area (Å²) in [5.74, 6) is 0.496. The lowest BCUT2D eigenvalue weighted by Crippen LogP contribution is -2.57. The topological polar surface area (TPSA) is 45.2 Å². The van der Waals surface area contributed by atoms with Gasteiger partial charge in [0.2, 0.25) is 0 Å². The molecule has 0 spiro atoms. The molecule has 0 saturated heterocycles. The van der Waals surface area contributed by atoms with Crippen molar-refractivity contribution in [3.05, 3.63) is 77.1 Å². The lowest BCUT2D eigenvalue weighted by molar-refractivity contribution is 0.0490. The Labute approximate surface area is 169 Å². The molecule has 0 bridgehead atoms. The molecule has 3 nitrogen and oxygen atoms in total. The number of hydrogen-bond acceptors (Lipinski definition) is 3. The lowest BCUT2D eigenvalue weighted by atomic mass is 9.71. The summed E-state index contributed by atoms with van der Waals surface area (Å²) in [6.45, 7) is 10.8. The predicted octanol–water partition coefficient (Wildman–Crippen LogP) is 5.01. The number of nitrogens with zero attached hydrogens (tertiary/aromatic N) is 1. The average molecular weight is 379 g/mol. The molecule has 4 atom stereocenters. The van der Waals surface area contributed by atoms with E-state index in [1.807, 2.05) is 6.20 Å². The molecule has 0 amide bonds. The van der Waals surface area contributed by atoms with E-state index in [2.05, 4.69) is 93.5 Å². The van der Waals surface area contributed by atoms with Crippen LogP contribution in [0.4, 0.5) is 0 Å². The largest absolute Gasteiger partial charge is 0.392 e. The Morgan fingerprint density at radius 3 is 2.43 bits per heavy atom. The van der Waals surface area contributed by atoms with Crippen LogP contribution in [0.1, 0.15) is 57.0 Å². The SMILES string of the molecule is CC1=C[C@@H]([C@H](O)CC(C)C)[C@@](C)(Cc2ccc(C)cn2)N[C@H]1c1ccccc1. The van der Waals surface area contributed by atoms with Gasteiger partial charge in [-0.1, -0.05) is 61.9 Å². The Morgan fingerprint density at radius 2 is 1.82 bits per heavy atom. The van der Waals surface area contributed by atoms with Gasteiger partial charge in [0.15, 0.2) is 0 Å². The molecule has 2 aromatic rings. The highest BCUT2D eigenvalue weighted by molar-refractivity contribution is 5.33. The van der Waals surface area contributed by atoms with Crippen molar-refractivity contribution in [2.45, 2.75) is 65.1 Å². The summed E-state index contributed by atoms with van der Waals surface area (Å²) in [5, 5.41) is 15.0. The summed E-state index contributed by atoms with van der Waals surface area (Å²) >= 11 is 0. The molecule has 0 radical (unpaired) electrons. The minimum Gasteiger partial charge on any atom is -0.392 e. The Balaban J connectivity index is 1.97. The van der Waals surface area contributed by atoms with Crippen molar-refractivity contribution in [3.8, 4) is 0 Å². The van der Waals surface area contributed by atoms with Crippen molar-refractivity contribution < 1.29 is 5.11 Å². The van der Waals surface area contributed by atoms with Crippen LogP contribution in [0.25, 0.3) is 0 Å². The molecule has 2 N–H and O–H groups in total. The molecule has 0 unspecified atom stereocenters. The summed E-state index contributed by atoms with van der Waals surface area (Å²) < 4.78 is 0. The zero-order valence-corrected chi connectivity index (χ0v) is 17.8. The predicted molar refractivity (Wildman–Crippen MR) is 116 cm³/mol. The zero-order valence-electron chi connectivity index (χ0n) is 17.8. The highest BCUT2D eigenvalue weighted by atomic mass is 16.3. The molecule has 1 aromatic heterocycles. The van der Waals surface area contributed by atoms with Crippen LogP contribution in [0, 0.1) is 18.8 Å². The number of pyridine rings is 1. The number of aryl methyl sites for hydroxylation is 1. The fourth-order valence-corrected chi connectivity index (χ4v) is 4.41. The number of aromatic nitrogens is 1. The first-order chi connectivity index (χ1) is 13.3. The monoisotopic (exact) mass is 378 g/mol. The quantitative estimate of drug-likeness (QED) is 0.695. The lowest BCUT2D eigenvalue weighted by Gasteiger charge is -2.47. The molecule has 1 aromatic carbocycles. The van der Waals surface area contributed by atoms with E-state index in [4.69, 9.17) is 0 Å². The van der Waals surface area contributed by atoms with Gasteiger partial charge in [0.25, 0.3) is 0 Å².